The number of esters is 1. The first-order valence-corrected chi connectivity index (χ1v) is 27.7. The molecule has 19 nitrogen and oxygen atoms in total. The Morgan fingerprint density at radius 3 is 2.27 bits per heavy atom. The van der Waals surface area contributed by atoms with Gasteiger partial charge in [0, 0.05) is 70.8 Å². The van der Waals surface area contributed by atoms with E-state index in [1.165, 1.54) is 25.8 Å². The van der Waals surface area contributed by atoms with Crippen molar-refractivity contribution in [2.24, 2.45) is 17.8 Å². The number of hydrogen-bond acceptors (Lipinski definition) is 18. The third kappa shape index (κ3) is 15.0. The van der Waals surface area contributed by atoms with Crippen LogP contribution in [0.4, 0.5) is 4.39 Å². The Labute approximate surface area is 441 Å². The average molecular weight is 1070 g/mol. The Morgan fingerprint density at radius 1 is 0.986 bits per heavy atom. The lowest BCUT2D eigenvalue weighted by Gasteiger charge is -2.48. The van der Waals surface area contributed by atoms with Crippen LogP contribution in [0.5, 0.6) is 0 Å². The van der Waals surface area contributed by atoms with Gasteiger partial charge in [-0.05, 0) is 117 Å². The van der Waals surface area contributed by atoms with Crippen molar-refractivity contribution < 1.29 is 72.4 Å². The molecule has 74 heavy (non-hydrogen) atoms. The number of likely N-dealkylation sites (N-methyl/N-ethyl adjacent to an activating group) is 2. The number of aliphatic hydroxyl groups excluding tert-OH is 3. The molecule has 5 rings (SSSR count). The molecule has 3 aliphatic heterocycles. The van der Waals surface area contributed by atoms with E-state index in [0.29, 0.717) is 48.5 Å². The largest absolute Gasteiger partial charge is 0.611 e. The first kappa shape index (κ1) is 62.4. The maximum Gasteiger partial charge on any atom is 0.311 e. The third-order valence-electron chi connectivity index (χ3n) is 16.2. The average Bonchev–Trinajstić information content (AvgIpc) is 3.83. The topological polar surface area (TPSA) is 243 Å². The summed E-state index contributed by atoms with van der Waals surface area (Å²) >= 11 is -1.36. The van der Waals surface area contributed by atoms with Crippen LogP contribution in [0.1, 0.15) is 125 Å². The summed E-state index contributed by atoms with van der Waals surface area (Å²) in [5.74, 6) is -2.49. The summed E-state index contributed by atoms with van der Waals surface area (Å²) in [5.41, 5.74) is -3.10. The highest BCUT2D eigenvalue weighted by Crippen LogP contribution is 2.40. The third-order valence-corrected chi connectivity index (χ3v) is 17.5. The summed E-state index contributed by atoms with van der Waals surface area (Å²) in [6, 6.07) is 5.44. The highest BCUT2D eigenvalue weighted by Gasteiger charge is 2.52. The molecule has 424 valence electrons. The van der Waals surface area contributed by atoms with E-state index < -0.39 is 120 Å². The quantitative estimate of drug-likeness (QED) is 0.104. The van der Waals surface area contributed by atoms with Crippen LogP contribution in [0.2, 0.25) is 0 Å². The summed E-state index contributed by atoms with van der Waals surface area (Å²) in [5, 5.41) is 65.4. The van der Waals surface area contributed by atoms with Gasteiger partial charge in [0.05, 0.1) is 53.8 Å². The highest BCUT2D eigenvalue weighted by atomic mass is 32.2. The van der Waals surface area contributed by atoms with Crippen molar-refractivity contribution in [1.29, 1.82) is 0 Å². The molecule has 3 aliphatic rings. The fraction of sp³-hybridized carbons (Fsp3) is 0.830. The number of cyclic esters (lactones) is 1. The number of carbonyl (C=O) groups excluding carboxylic acids is 1. The number of halogens is 1. The monoisotopic (exact) mass is 1070 g/mol. The van der Waals surface area contributed by atoms with Gasteiger partial charge in [0.1, 0.15) is 48.5 Å². The molecule has 1 aromatic carbocycles. The first-order chi connectivity index (χ1) is 34.7. The zero-order valence-electron chi connectivity index (χ0n) is 46.3. The second-order valence-electron chi connectivity index (χ2n) is 22.2. The number of nitrogens with zero attached hydrogens (tertiary/aromatic N) is 5. The van der Waals surface area contributed by atoms with E-state index in [2.05, 4.69) is 15.2 Å². The Bertz CT molecular complexity index is 2030. The van der Waals surface area contributed by atoms with Crippen molar-refractivity contribution in [1.82, 2.24) is 24.8 Å². The molecule has 21 heteroatoms. The van der Waals surface area contributed by atoms with E-state index in [1.807, 2.05) is 46.7 Å². The smallest absolute Gasteiger partial charge is 0.311 e. The van der Waals surface area contributed by atoms with E-state index >= 15 is 0 Å². The summed E-state index contributed by atoms with van der Waals surface area (Å²) in [6.45, 7) is 17.8. The molecule has 0 saturated carbocycles. The van der Waals surface area contributed by atoms with Gasteiger partial charge in [-0.15, -0.1) is 5.10 Å². The van der Waals surface area contributed by atoms with Crippen LogP contribution in [0.3, 0.4) is 0 Å². The van der Waals surface area contributed by atoms with Gasteiger partial charge in [-0.1, -0.05) is 38.1 Å². The lowest BCUT2D eigenvalue weighted by molar-refractivity contribution is -0.308. The number of hydrogen-bond donors (Lipinski definition) is 5. The second-order valence-corrected chi connectivity index (χ2v) is 23.8. The molecule has 0 amide bonds. The molecule has 4 heterocycles. The molecule has 2 aromatic rings. The minimum Gasteiger partial charge on any atom is -0.611 e. The molecule has 3 fully saturated rings. The van der Waals surface area contributed by atoms with Gasteiger partial charge in [-0.25, -0.2) is 9.07 Å². The van der Waals surface area contributed by atoms with Gasteiger partial charge in [-0.3, -0.25) is 4.79 Å². The molecule has 0 aliphatic carbocycles. The number of methoxy groups -OCH3 is 2. The molecule has 5 N–H and O–H groups in total. The summed E-state index contributed by atoms with van der Waals surface area (Å²) in [4.78, 5) is 19.2. The Balaban J connectivity index is 1.40. The Kier molecular flexibility index (Phi) is 22.7. The molecule has 0 spiro atoms. The van der Waals surface area contributed by atoms with Crippen molar-refractivity contribution in [3.63, 3.8) is 0 Å². The molecular formula is C53H90FN5O14S. The van der Waals surface area contributed by atoms with E-state index in [9.17, 15) is 39.3 Å². The number of rotatable bonds is 18. The van der Waals surface area contributed by atoms with Gasteiger partial charge < -0.3 is 73.0 Å². The van der Waals surface area contributed by atoms with E-state index in [0.717, 1.165) is 0 Å². The van der Waals surface area contributed by atoms with E-state index in [-0.39, 0.29) is 49.7 Å². The lowest BCUT2D eigenvalue weighted by atomic mass is 9.77. The number of ether oxygens (including phenoxy) is 7. The van der Waals surface area contributed by atoms with Crippen molar-refractivity contribution in [3.8, 4) is 0 Å². The Morgan fingerprint density at radius 2 is 1.66 bits per heavy atom. The van der Waals surface area contributed by atoms with Gasteiger partial charge in [0.25, 0.3) is 0 Å². The van der Waals surface area contributed by atoms with Crippen LogP contribution in [0.15, 0.2) is 35.4 Å². The maximum atomic E-state index is 14.8. The lowest BCUT2D eigenvalue weighted by Crippen LogP contribution is -2.59. The maximum absolute atomic E-state index is 14.8. The van der Waals surface area contributed by atoms with Gasteiger partial charge in [-0.2, -0.15) is 0 Å². The molecule has 0 bridgehead atoms. The second kappa shape index (κ2) is 26.9. The normalized spacial score (nSPS) is 38.7. The van der Waals surface area contributed by atoms with Crippen molar-refractivity contribution in [2.45, 2.75) is 209 Å². The first-order valence-electron chi connectivity index (χ1n) is 26.4. The zero-order valence-corrected chi connectivity index (χ0v) is 47.2. The molecule has 1 aromatic heterocycles. The molecular weight excluding hydrogens is 982 g/mol. The fourth-order valence-corrected chi connectivity index (χ4v) is 12.3. The van der Waals surface area contributed by atoms with Gasteiger partial charge in [0.15, 0.2) is 17.5 Å². The fourth-order valence-electron chi connectivity index (χ4n) is 11.5. The molecule has 3 saturated heterocycles. The number of carbonyl (C=O) groups is 1. The van der Waals surface area contributed by atoms with Crippen LogP contribution >= 0.6 is 0 Å². The minimum absolute atomic E-state index is 0.0390. The number of alkyl halides is 1. The van der Waals surface area contributed by atoms with Crippen molar-refractivity contribution >= 4 is 17.1 Å². The van der Waals surface area contributed by atoms with E-state index in [1.54, 1.807) is 65.1 Å². The van der Waals surface area contributed by atoms with Gasteiger partial charge in [0.2, 0.25) is 0 Å². The predicted octanol–water partition coefficient (Wildman–Crippen LogP) is 4.13. The number of aliphatic hydroxyl groups is 5. The minimum atomic E-state index is -1.83. The van der Waals surface area contributed by atoms with Crippen LogP contribution in [0, 0.1) is 17.8 Å². The van der Waals surface area contributed by atoms with Crippen LogP contribution in [-0.4, -0.2) is 205 Å². The highest BCUT2D eigenvalue weighted by molar-refractivity contribution is 7.91. The molecule has 1 unspecified atom stereocenters. The summed E-state index contributed by atoms with van der Waals surface area (Å²) < 4.78 is 73.1. The summed E-state index contributed by atoms with van der Waals surface area (Å²) in [6.07, 6.45) is -4.93. The van der Waals surface area contributed by atoms with Crippen molar-refractivity contribution in [3.05, 3.63) is 41.7 Å². The molecule has 20 atom stereocenters. The predicted molar refractivity (Wildman–Crippen MR) is 275 cm³/mol. The van der Waals surface area contributed by atoms with Crippen LogP contribution < -0.4 is 0 Å². The van der Waals surface area contributed by atoms with E-state index in [4.69, 9.17) is 33.2 Å². The van der Waals surface area contributed by atoms with Crippen LogP contribution in [0.25, 0.3) is 0 Å². The zero-order chi connectivity index (χ0) is 55.0. The number of benzene rings is 1. The molecule has 0 radical (unpaired) electrons. The summed E-state index contributed by atoms with van der Waals surface area (Å²) in [7, 11) is 6.87. The Hall–Kier alpha value is -2.45. The van der Waals surface area contributed by atoms with Crippen LogP contribution in [-0.2, 0) is 55.5 Å². The SMILES string of the molecule is CC[C@H]1OC(=O)[C@H](C)[C@@H](O[C@H]2C[C@@](C)(OC)[C@@H](O)[C@H](C)O2)[C@H](C)[C@@H](O[C@H]2C[C@@H](N(C)CCc3cn([C@H](CF)[C@H](OC)c4ccc([S+]([O-])CCO)cc4)nn3)C[C@@H](C)O2)[C@](C)(O)C[C@@H](C)CN(C)[C@H](C)[C@@H](O)[C@]1(C)O. The standard InChI is InChI=1S/C53H90FN5O14S/c1-15-42-53(10,65)47(61)35(6)58(12)29-31(2)26-51(8,64)49(33(4)45(34(5)50(63)71-42)72-44-27-52(9,68-14)48(62)36(7)70-44)73-43-25-39(24-32(3)69-43)57(11)21-20-38-30-59(56-55-38)41(28-54)46(67-13)37-16-18-40(19-17-37)74(66)23-22-60/h16-19,30-36,39,41-49,60-62,64-65H,15,20-29H2,1-14H3/t31-,32-,33+,34-,35-,36+,39+,41-,42-,43+,44+,45+,46-,47-,48+,49-,51-,52-,53-,74?/m1/s1. The van der Waals surface area contributed by atoms with Crippen molar-refractivity contribution in [2.75, 3.05) is 60.4 Å². The number of aromatic nitrogens is 3. The van der Waals surface area contributed by atoms with Gasteiger partial charge >= 0.3 is 5.97 Å².